The topological polar surface area (TPSA) is 60.4 Å². The average molecular weight is 452 g/mol. The number of halogens is 11. The van der Waals surface area contributed by atoms with E-state index in [1.165, 1.54) is 0 Å². The number of rotatable bonds is 9. The van der Waals surface area contributed by atoms with Gasteiger partial charge in [0.1, 0.15) is 5.78 Å². The third-order valence-corrected chi connectivity index (χ3v) is 3.25. The number of carbonyl (C=O) groups is 3. The lowest BCUT2D eigenvalue weighted by Crippen LogP contribution is -2.64. The van der Waals surface area contributed by atoms with E-state index in [0.717, 1.165) is 6.92 Å². The second-order valence-electron chi connectivity index (χ2n) is 5.66. The summed E-state index contributed by atoms with van der Waals surface area (Å²) < 4.78 is 145. The fourth-order valence-corrected chi connectivity index (χ4v) is 1.62. The zero-order chi connectivity index (χ0) is 23.6. The quantitative estimate of drug-likeness (QED) is 0.300. The van der Waals surface area contributed by atoms with Crippen LogP contribution in [-0.4, -0.2) is 54.0 Å². The van der Waals surface area contributed by atoms with Crippen LogP contribution in [0, 0.1) is 0 Å². The van der Waals surface area contributed by atoms with E-state index in [0.29, 0.717) is 0 Å². The van der Waals surface area contributed by atoms with E-state index in [9.17, 15) is 62.7 Å². The molecule has 15 heteroatoms. The molecule has 0 spiro atoms. The average Bonchev–Trinajstić information content (AvgIpc) is 2.51. The van der Waals surface area contributed by atoms with Crippen LogP contribution in [0.3, 0.4) is 0 Å². The molecule has 0 aliphatic rings. The first-order chi connectivity index (χ1) is 12.6. The molecule has 0 aliphatic heterocycles. The molecular formula is C14H11F11O4. The molecule has 0 amide bonds. The minimum absolute atomic E-state index is 0.239. The summed E-state index contributed by atoms with van der Waals surface area (Å²) in [6.07, 6.45) is -18.1. The van der Waals surface area contributed by atoms with Crippen molar-refractivity contribution in [2.45, 2.75) is 49.6 Å². The van der Waals surface area contributed by atoms with Gasteiger partial charge >= 0.3 is 30.2 Å². The van der Waals surface area contributed by atoms with E-state index in [4.69, 9.17) is 0 Å². The number of ether oxygens (including phenoxy) is 1. The molecule has 29 heavy (non-hydrogen) atoms. The Bertz CT molecular complexity index is 678. The molecule has 0 N–H and O–H groups in total. The number of alkyl halides is 11. The smallest absolute Gasteiger partial charge is 0.460 e. The second-order valence-corrected chi connectivity index (χ2v) is 5.66. The normalized spacial score (nSPS) is 15.4. The first kappa shape index (κ1) is 26.8. The molecule has 0 aromatic rings. The Kier molecular flexibility index (Phi) is 7.63. The molecule has 0 bridgehead atoms. The molecule has 0 aromatic carbocycles. The van der Waals surface area contributed by atoms with E-state index >= 15 is 0 Å². The fourth-order valence-electron chi connectivity index (χ4n) is 1.62. The second kappa shape index (κ2) is 8.26. The predicted molar refractivity (Wildman–Crippen MR) is 70.9 cm³/mol. The van der Waals surface area contributed by atoms with Crippen LogP contribution in [0.15, 0.2) is 12.2 Å². The van der Waals surface area contributed by atoms with Crippen molar-refractivity contribution in [1.82, 2.24) is 0 Å². The number of carbonyl (C=O) groups excluding carboxylic acids is 3. The van der Waals surface area contributed by atoms with Gasteiger partial charge < -0.3 is 4.74 Å². The van der Waals surface area contributed by atoms with Crippen molar-refractivity contribution in [3.63, 3.8) is 0 Å². The predicted octanol–water partition coefficient (Wildman–Crippen LogP) is 4.13. The number of Topliss-reactive ketones (excluding diaryl/α,β-unsaturated/α-hetero) is 2. The van der Waals surface area contributed by atoms with E-state index in [1.807, 2.05) is 0 Å². The minimum atomic E-state index is -7.36. The lowest BCUT2D eigenvalue weighted by molar-refractivity contribution is -0.348. The molecule has 0 heterocycles. The molecular weight excluding hydrogens is 441 g/mol. The lowest BCUT2D eigenvalue weighted by Gasteiger charge is -2.33. The summed E-state index contributed by atoms with van der Waals surface area (Å²) in [7, 11) is 0. The first-order valence-corrected chi connectivity index (χ1v) is 7.10. The zero-order valence-corrected chi connectivity index (χ0v) is 14.1. The van der Waals surface area contributed by atoms with Crippen molar-refractivity contribution in [1.29, 1.82) is 0 Å². The Labute approximate surface area is 154 Å². The minimum Gasteiger partial charge on any atom is -0.462 e. The number of esters is 1. The van der Waals surface area contributed by atoms with Crippen molar-refractivity contribution in [3.8, 4) is 0 Å². The van der Waals surface area contributed by atoms with Gasteiger partial charge in [0.25, 0.3) is 11.5 Å². The molecule has 0 saturated heterocycles. The van der Waals surface area contributed by atoms with Gasteiger partial charge in [-0.15, -0.1) is 0 Å². The largest absolute Gasteiger partial charge is 0.462 e. The maximum atomic E-state index is 14.1. The Morgan fingerprint density at radius 3 is 1.62 bits per heavy atom. The van der Waals surface area contributed by atoms with Gasteiger partial charge in [0.05, 0.1) is 13.0 Å². The van der Waals surface area contributed by atoms with Crippen molar-refractivity contribution in [2.24, 2.45) is 0 Å². The maximum Gasteiger partial charge on any atom is 0.460 e. The van der Waals surface area contributed by atoms with Gasteiger partial charge in [-0.3, -0.25) is 9.59 Å². The van der Waals surface area contributed by atoms with E-state index < -0.39 is 66.9 Å². The molecule has 0 rings (SSSR count). The SMILES string of the molecule is C=C(C)C(=O)OCCC(=O)CC(F)(C(=O)C(F)(F)C(F)(F)C(F)(F)F)C(F)(F)F. The van der Waals surface area contributed by atoms with Crippen LogP contribution in [0.2, 0.25) is 0 Å². The zero-order valence-electron chi connectivity index (χ0n) is 14.1. The summed E-state index contributed by atoms with van der Waals surface area (Å²) in [6, 6.07) is 0. The molecule has 0 fully saturated rings. The van der Waals surface area contributed by atoms with E-state index in [2.05, 4.69) is 11.3 Å². The van der Waals surface area contributed by atoms with Crippen LogP contribution >= 0.6 is 0 Å². The molecule has 1 unspecified atom stereocenters. The summed E-state index contributed by atoms with van der Waals surface area (Å²) in [5.41, 5.74) is -6.31. The maximum absolute atomic E-state index is 14.1. The summed E-state index contributed by atoms with van der Waals surface area (Å²) in [6.45, 7) is 3.15. The number of hydrogen-bond acceptors (Lipinski definition) is 4. The molecule has 0 radical (unpaired) electrons. The summed E-state index contributed by atoms with van der Waals surface area (Å²) in [5, 5.41) is 0. The monoisotopic (exact) mass is 452 g/mol. The van der Waals surface area contributed by atoms with Crippen LogP contribution in [0.4, 0.5) is 48.3 Å². The Balaban J connectivity index is 5.74. The molecule has 0 saturated carbocycles. The summed E-state index contributed by atoms with van der Waals surface area (Å²) in [5.74, 6) is -22.2. The summed E-state index contributed by atoms with van der Waals surface area (Å²) in [4.78, 5) is 33.5. The summed E-state index contributed by atoms with van der Waals surface area (Å²) >= 11 is 0. The van der Waals surface area contributed by atoms with Crippen LogP contribution in [-0.2, 0) is 19.1 Å². The van der Waals surface area contributed by atoms with Crippen LogP contribution < -0.4 is 0 Å². The van der Waals surface area contributed by atoms with Crippen LogP contribution in [0.25, 0.3) is 0 Å². The van der Waals surface area contributed by atoms with Crippen LogP contribution in [0.5, 0.6) is 0 Å². The standard InChI is InChI=1S/C14H11F11O4/c1-6(2)8(27)29-4-3-7(26)5-10(15,13(20,21)22)9(28)11(16,17)12(18,19)14(23,24)25/h1,3-5H2,2H3. The van der Waals surface area contributed by atoms with E-state index in [1.54, 1.807) is 0 Å². The third kappa shape index (κ3) is 5.44. The molecule has 4 nitrogen and oxygen atoms in total. The Morgan fingerprint density at radius 2 is 1.28 bits per heavy atom. The van der Waals surface area contributed by atoms with Crippen molar-refractivity contribution >= 4 is 17.5 Å². The highest BCUT2D eigenvalue weighted by Crippen LogP contribution is 2.51. The third-order valence-electron chi connectivity index (χ3n) is 3.25. The fraction of sp³-hybridized carbons (Fsp3) is 0.643. The Hall–Kier alpha value is -2.22. The van der Waals surface area contributed by atoms with Gasteiger partial charge in [-0.1, -0.05) is 6.58 Å². The van der Waals surface area contributed by atoms with Gasteiger partial charge in [-0.25, -0.2) is 9.18 Å². The van der Waals surface area contributed by atoms with Gasteiger partial charge in [-0.05, 0) is 6.92 Å². The highest BCUT2D eigenvalue weighted by Gasteiger charge is 2.81. The van der Waals surface area contributed by atoms with E-state index in [-0.39, 0.29) is 5.57 Å². The van der Waals surface area contributed by atoms with Gasteiger partial charge in [0, 0.05) is 12.0 Å². The molecule has 0 aromatic heterocycles. The van der Waals surface area contributed by atoms with Crippen molar-refractivity contribution in [2.75, 3.05) is 6.61 Å². The number of hydrogen-bond donors (Lipinski definition) is 0. The Morgan fingerprint density at radius 1 is 0.828 bits per heavy atom. The highest BCUT2D eigenvalue weighted by molar-refractivity contribution is 5.99. The van der Waals surface area contributed by atoms with Gasteiger partial charge in [0.2, 0.25) is 0 Å². The van der Waals surface area contributed by atoms with Gasteiger partial charge in [0.15, 0.2) is 0 Å². The van der Waals surface area contributed by atoms with Crippen molar-refractivity contribution < 1.29 is 67.4 Å². The van der Waals surface area contributed by atoms with Crippen LogP contribution in [0.1, 0.15) is 19.8 Å². The first-order valence-electron chi connectivity index (χ1n) is 7.10. The lowest BCUT2D eigenvalue weighted by atomic mass is 9.86. The van der Waals surface area contributed by atoms with Crippen molar-refractivity contribution in [3.05, 3.63) is 12.2 Å². The molecule has 168 valence electrons. The number of ketones is 2. The van der Waals surface area contributed by atoms with Gasteiger partial charge in [-0.2, -0.15) is 43.9 Å². The highest BCUT2D eigenvalue weighted by atomic mass is 19.4. The molecule has 1 atom stereocenters. The molecule has 0 aliphatic carbocycles.